The molecule has 9 heteroatoms. The van der Waals surface area contributed by atoms with Crippen LogP contribution in [0.5, 0.6) is 5.75 Å². The Morgan fingerprint density at radius 2 is 1.84 bits per heavy atom. The Balaban J connectivity index is 1.55. The van der Waals surface area contributed by atoms with Crippen molar-refractivity contribution in [3.05, 3.63) is 35.9 Å². The summed E-state index contributed by atoms with van der Waals surface area (Å²) in [6.07, 6.45) is 4.51. The minimum Gasteiger partial charge on any atom is -0.496 e. The normalized spacial score (nSPS) is 20.4. The van der Waals surface area contributed by atoms with Gasteiger partial charge in [-0.1, -0.05) is 0 Å². The Kier molecular flexibility index (Phi) is 7.73. The van der Waals surface area contributed by atoms with Crippen LogP contribution in [-0.4, -0.2) is 79.3 Å². The molecule has 37 heavy (non-hydrogen) atoms. The predicted molar refractivity (Wildman–Crippen MR) is 144 cm³/mol. The van der Waals surface area contributed by atoms with Gasteiger partial charge in [0, 0.05) is 51.0 Å². The van der Waals surface area contributed by atoms with Crippen molar-refractivity contribution < 1.29 is 19.3 Å². The van der Waals surface area contributed by atoms with Gasteiger partial charge in [0.25, 0.3) is 0 Å². The summed E-state index contributed by atoms with van der Waals surface area (Å²) in [5.41, 5.74) is 3.04. The van der Waals surface area contributed by atoms with Crippen LogP contribution in [0.3, 0.4) is 0 Å². The largest absolute Gasteiger partial charge is 0.496 e. The number of benzene rings is 1. The van der Waals surface area contributed by atoms with Gasteiger partial charge in [-0.15, -0.1) is 0 Å². The Morgan fingerprint density at radius 1 is 1.03 bits per heavy atom. The molecule has 2 aliphatic rings. The first-order valence-corrected chi connectivity index (χ1v) is 13.1. The monoisotopic (exact) mass is 507 g/mol. The van der Waals surface area contributed by atoms with Gasteiger partial charge in [-0.2, -0.15) is 9.97 Å². The molecule has 0 radical (unpaired) electrons. The molecule has 0 saturated carbocycles. The van der Waals surface area contributed by atoms with Gasteiger partial charge >= 0.3 is 0 Å². The molecule has 9 nitrogen and oxygen atoms in total. The van der Waals surface area contributed by atoms with E-state index in [0.717, 1.165) is 73.5 Å². The lowest BCUT2D eigenvalue weighted by atomic mass is 10.1. The molecular formula is C28H37N5O4. The Hall–Kier alpha value is -3.01. The topological polar surface area (TPSA) is 93.1 Å². The van der Waals surface area contributed by atoms with Gasteiger partial charge in [-0.25, -0.2) is 4.98 Å². The molecule has 0 amide bonds. The highest BCUT2D eigenvalue weighted by molar-refractivity contribution is 5.89. The standard InChI is InChI=1S/C28H37N5O4/c1-18-5-7-22(37-18)16-32(2)27-23-8-9-24(19-6-10-25(35-4)20(15-19)17-34)29-26(23)30-28(31-27)33(3)21-11-13-36-14-12-21/h6,8-10,15,18,21-22,34H,5,7,11-14,16-17H2,1-4H3. The summed E-state index contributed by atoms with van der Waals surface area (Å²) in [5.74, 6) is 2.17. The zero-order valence-electron chi connectivity index (χ0n) is 22.2. The zero-order valence-corrected chi connectivity index (χ0v) is 22.2. The molecule has 1 N–H and O–H groups in total. The van der Waals surface area contributed by atoms with Gasteiger partial charge in [0.15, 0.2) is 5.65 Å². The average molecular weight is 508 g/mol. The van der Waals surface area contributed by atoms with E-state index >= 15 is 0 Å². The average Bonchev–Trinajstić information content (AvgIpc) is 3.35. The number of nitrogens with zero attached hydrogens (tertiary/aromatic N) is 5. The number of pyridine rings is 1. The summed E-state index contributed by atoms with van der Waals surface area (Å²) < 4.78 is 17.0. The predicted octanol–water partition coefficient (Wildman–Crippen LogP) is 3.81. The van der Waals surface area contributed by atoms with Crippen molar-refractivity contribution in [3.63, 3.8) is 0 Å². The van der Waals surface area contributed by atoms with E-state index in [0.29, 0.717) is 29.5 Å². The van der Waals surface area contributed by atoms with E-state index in [4.69, 9.17) is 29.2 Å². The van der Waals surface area contributed by atoms with Crippen molar-refractivity contribution in [1.29, 1.82) is 0 Å². The van der Waals surface area contributed by atoms with Crippen LogP contribution < -0.4 is 14.5 Å². The number of aliphatic hydroxyl groups excluding tert-OH is 1. The quantitative estimate of drug-likeness (QED) is 0.488. The van der Waals surface area contributed by atoms with Crippen LogP contribution >= 0.6 is 0 Å². The molecule has 4 heterocycles. The maximum absolute atomic E-state index is 9.79. The second-order valence-electron chi connectivity index (χ2n) is 10.1. The molecule has 2 saturated heterocycles. The summed E-state index contributed by atoms with van der Waals surface area (Å²) in [7, 11) is 5.73. The Bertz CT molecular complexity index is 1230. The third kappa shape index (κ3) is 5.49. The first kappa shape index (κ1) is 25.6. The van der Waals surface area contributed by atoms with Crippen molar-refractivity contribution in [1.82, 2.24) is 15.0 Å². The van der Waals surface area contributed by atoms with E-state index in [1.54, 1.807) is 7.11 Å². The molecular weight excluding hydrogens is 470 g/mol. The lowest BCUT2D eigenvalue weighted by molar-refractivity contribution is 0.0606. The molecule has 1 aromatic carbocycles. The minimum absolute atomic E-state index is 0.108. The number of hydrogen-bond acceptors (Lipinski definition) is 9. The van der Waals surface area contributed by atoms with E-state index in [2.05, 4.69) is 30.8 Å². The summed E-state index contributed by atoms with van der Waals surface area (Å²) in [4.78, 5) is 19.3. The SMILES string of the molecule is COc1ccc(-c2ccc3c(N(C)CC4CCC(C)O4)nc(N(C)C4CCOCC4)nc3n2)cc1CO. The van der Waals surface area contributed by atoms with Gasteiger partial charge in [0.2, 0.25) is 5.95 Å². The van der Waals surface area contributed by atoms with Crippen LogP contribution in [0.1, 0.15) is 38.2 Å². The van der Waals surface area contributed by atoms with E-state index in [1.165, 1.54) is 0 Å². The van der Waals surface area contributed by atoms with Crippen molar-refractivity contribution in [2.75, 3.05) is 50.8 Å². The number of fused-ring (bicyclic) bond motifs is 1. The maximum atomic E-state index is 9.79. The third-order valence-electron chi connectivity index (χ3n) is 7.49. The van der Waals surface area contributed by atoms with Crippen molar-refractivity contribution in [2.45, 2.75) is 57.5 Å². The first-order valence-electron chi connectivity index (χ1n) is 13.1. The highest BCUT2D eigenvalue weighted by Gasteiger charge is 2.26. The molecule has 0 bridgehead atoms. The van der Waals surface area contributed by atoms with E-state index in [9.17, 15) is 5.11 Å². The Morgan fingerprint density at radius 3 is 2.54 bits per heavy atom. The summed E-state index contributed by atoms with van der Waals surface area (Å²) in [6.45, 7) is 4.29. The summed E-state index contributed by atoms with van der Waals surface area (Å²) in [5, 5.41) is 10.7. The second kappa shape index (κ2) is 11.2. The third-order valence-corrected chi connectivity index (χ3v) is 7.49. The van der Waals surface area contributed by atoms with Crippen molar-refractivity contribution >= 4 is 22.8 Å². The second-order valence-corrected chi connectivity index (χ2v) is 10.1. The lowest BCUT2D eigenvalue weighted by Crippen LogP contribution is -2.38. The maximum Gasteiger partial charge on any atom is 0.229 e. The molecule has 2 atom stereocenters. The number of aromatic nitrogens is 3. The summed E-state index contributed by atoms with van der Waals surface area (Å²) >= 11 is 0. The summed E-state index contributed by atoms with van der Waals surface area (Å²) in [6, 6.07) is 10.1. The molecule has 2 fully saturated rings. The van der Waals surface area contributed by atoms with Crippen LogP contribution in [-0.2, 0) is 16.1 Å². The molecule has 2 aromatic heterocycles. The van der Waals surface area contributed by atoms with Crippen LogP contribution in [0.25, 0.3) is 22.3 Å². The number of aliphatic hydroxyl groups is 1. The Labute approximate surface area is 218 Å². The highest BCUT2D eigenvalue weighted by Crippen LogP contribution is 2.32. The number of methoxy groups -OCH3 is 1. The minimum atomic E-state index is -0.108. The van der Waals surface area contributed by atoms with Gasteiger partial charge in [-0.3, -0.25) is 0 Å². The number of rotatable bonds is 8. The molecule has 5 rings (SSSR count). The molecule has 198 valence electrons. The van der Waals surface area contributed by atoms with Crippen LogP contribution in [0.15, 0.2) is 30.3 Å². The number of anilines is 2. The van der Waals surface area contributed by atoms with Crippen molar-refractivity contribution in [3.8, 4) is 17.0 Å². The molecule has 2 unspecified atom stereocenters. The van der Waals surface area contributed by atoms with E-state index in [-0.39, 0.29) is 12.7 Å². The van der Waals surface area contributed by atoms with E-state index in [1.807, 2.05) is 30.3 Å². The first-order chi connectivity index (χ1) is 18.0. The molecule has 0 spiro atoms. The number of hydrogen-bond donors (Lipinski definition) is 1. The van der Waals surface area contributed by atoms with Gasteiger partial charge < -0.3 is 29.1 Å². The van der Waals surface area contributed by atoms with Crippen molar-refractivity contribution in [2.24, 2.45) is 0 Å². The zero-order chi connectivity index (χ0) is 25.9. The van der Waals surface area contributed by atoms with E-state index < -0.39 is 0 Å². The van der Waals surface area contributed by atoms with Crippen LogP contribution in [0.4, 0.5) is 11.8 Å². The molecule has 2 aliphatic heterocycles. The molecule has 0 aliphatic carbocycles. The van der Waals surface area contributed by atoms with Gasteiger partial charge in [0.1, 0.15) is 11.6 Å². The van der Waals surface area contributed by atoms with Gasteiger partial charge in [-0.05, 0) is 62.9 Å². The lowest BCUT2D eigenvalue weighted by Gasteiger charge is -2.32. The smallest absolute Gasteiger partial charge is 0.229 e. The number of likely N-dealkylation sites (N-methyl/N-ethyl adjacent to an activating group) is 1. The highest BCUT2D eigenvalue weighted by atomic mass is 16.5. The van der Waals surface area contributed by atoms with Crippen LogP contribution in [0, 0.1) is 0 Å². The van der Waals surface area contributed by atoms with Gasteiger partial charge in [0.05, 0.1) is 37.0 Å². The number of ether oxygens (including phenoxy) is 3. The fourth-order valence-electron chi connectivity index (χ4n) is 5.30. The fraction of sp³-hybridized carbons (Fsp3) is 0.536. The molecule has 3 aromatic rings. The fourth-order valence-corrected chi connectivity index (χ4v) is 5.30. The van der Waals surface area contributed by atoms with Crippen LogP contribution in [0.2, 0.25) is 0 Å².